The Hall–Kier alpha value is -1.79. The summed E-state index contributed by atoms with van der Waals surface area (Å²) >= 11 is 0. The zero-order valence-corrected chi connectivity index (χ0v) is 37.7. The van der Waals surface area contributed by atoms with Crippen molar-refractivity contribution in [1.29, 1.82) is 0 Å². The lowest BCUT2D eigenvalue weighted by atomic mass is 10.1. The van der Waals surface area contributed by atoms with Gasteiger partial charge in [-0.1, -0.05) is 141 Å². The number of unbranched alkanes of at least 4 members (excludes halogenated alkanes) is 22. The van der Waals surface area contributed by atoms with Crippen LogP contribution in [-0.2, 0) is 33.6 Å². The van der Waals surface area contributed by atoms with Gasteiger partial charge in [-0.3, -0.25) is 14.1 Å². The predicted molar refractivity (Wildman–Crippen MR) is 232 cm³/mol. The number of hydrogen-bond donors (Lipinski definition) is 2. The summed E-state index contributed by atoms with van der Waals surface area (Å²) in [4.78, 5) is 26.9. The van der Waals surface area contributed by atoms with E-state index in [1.54, 1.807) is 25.7 Å². The van der Waals surface area contributed by atoms with E-state index < -0.39 is 29.0 Å². The van der Waals surface area contributed by atoms with Crippen molar-refractivity contribution in [3.8, 4) is 0 Å². The Morgan fingerprint density at radius 2 is 0.839 bits per heavy atom. The molecule has 56 heavy (non-hydrogen) atoms. The number of carbonyl (C=O) groups excluding carboxylic acids is 2. The molecular formula is C45H87NO9S. The van der Waals surface area contributed by atoms with Crippen LogP contribution in [0.1, 0.15) is 221 Å². The number of ether oxygens (including phenoxy) is 2. The van der Waals surface area contributed by atoms with Crippen molar-refractivity contribution >= 4 is 22.3 Å². The van der Waals surface area contributed by atoms with Gasteiger partial charge in [0.2, 0.25) is 0 Å². The predicted octanol–water partition coefficient (Wildman–Crippen LogP) is 12.3. The highest BCUT2D eigenvalue weighted by Gasteiger charge is 2.27. The van der Waals surface area contributed by atoms with Crippen molar-refractivity contribution in [3.63, 3.8) is 0 Å². The largest absolute Gasteiger partial charge is 0.447 e. The van der Waals surface area contributed by atoms with Crippen LogP contribution in [-0.4, -0.2) is 66.6 Å². The smallest absolute Gasteiger partial charge is 0.397 e. The maximum atomic E-state index is 12.6. The summed E-state index contributed by atoms with van der Waals surface area (Å²) in [7, 11) is -4.17. The molecule has 0 spiro atoms. The molecule has 0 amide bonds. The van der Waals surface area contributed by atoms with Gasteiger partial charge < -0.3 is 14.6 Å². The zero-order valence-electron chi connectivity index (χ0n) is 36.9. The summed E-state index contributed by atoms with van der Waals surface area (Å²) in [6.07, 6.45) is 40.0. The molecule has 0 heterocycles. The van der Waals surface area contributed by atoms with Crippen LogP contribution in [0.4, 0.5) is 0 Å². The Kier molecular flexibility index (Phi) is 41.6. The highest BCUT2D eigenvalue weighted by Crippen LogP contribution is 2.16. The third-order valence-electron chi connectivity index (χ3n) is 9.57. The van der Waals surface area contributed by atoms with Crippen LogP contribution in [0.5, 0.6) is 0 Å². The molecule has 0 aliphatic rings. The minimum atomic E-state index is -4.17. The molecule has 0 bridgehead atoms. The summed E-state index contributed by atoms with van der Waals surface area (Å²) in [5.74, 6) is -0.486. The Balaban J connectivity index is 0. The quantitative estimate of drug-likeness (QED) is 0.0203. The number of rotatable bonds is 38. The van der Waals surface area contributed by atoms with Gasteiger partial charge in [-0.05, 0) is 91.9 Å². The molecule has 0 saturated heterocycles. The average molecular weight is 818 g/mol. The molecule has 3 atom stereocenters. The molecular weight excluding hydrogens is 731 g/mol. The highest BCUT2D eigenvalue weighted by molar-refractivity contribution is 7.80. The lowest BCUT2D eigenvalue weighted by molar-refractivity contribution is -0.183. The second-order valence-electron chi connectivity index (χ2n) is 15.2. The third-order valence-corrected chi connectivity index (χ3v) is 10.1. The molecule has 0 fully saturated rings. The number of hydrogen-bond acceptors (Lipinski definition) is 9. The minimum absolute atomic E-state index is 0.0289. The van der Waals surface area contributed by atoms with E-state index in [1.807, 2.05) is 0 Å². The second kappa shape index (κ2) is 41.4. The molecule has 10 nitrogen and oxygen atoms in total. The van der Waals surface area contributed by atoms with Gasteiger partial charge in [-0.15, -0.1) is 0 Å². The number of aliphatic hydroxyl groups excluding tert-OH is 1. The van der Waals surface area contributed by atoms with E-state index in [0.29, 0.717) is 12.8 Å². The van der Waals surface area contributed by atoms with Crippen molar-refractivity contribution in [2.45, 2.75) is 240 Å². The van der Waals surface area contributed by atoms with Gasteiger partial charge in [0.05, 0.1) is 12.7 Å². The van der Waals surface area contributed by atoms with E-state index in [9.17, 15) is 23.1 Å². The van der Waals surface area contributed by atoms with Gasteiger partial charge in [0.1, 0.15) is 0 Å². The first kappa shape index (κ1) is 56.3. The van der Waals surface area contributed by atoms with Crippen molar-refractivity contribution in [1.82, 2.24) is 4.90 Å². The molecule has 0 saturated carbocycles. The first-order valence-electron chi connectivity index (χ1n) is 22.6. The van der Waals surface area contributed by atoms with Crippen molar-refractivity contribution < 1.29 is 41.3 Å². The molecule has 0 aliphatic carbocycles. The third kappa shape index (κ3) is 43.3. The topological polar surface area (TPSA) is 140 Å². The van der Waals surface area contributed by atoms with Gasteiger partial charge in [0.25, 0.3) is 0 Å². The molecule has 0 aromatic heterocycles. The molecule has 2 N–H and O–H groups in total. The first-order valence-corrected chi connectivity index (χ1v) is 24.0. The normalized spacial score (nSPS) is 13.5. The Bertz CT molecular complexity index is 988. The minimum Gasteiger partial charge on any atom is -0.447 e. The molecule has 3 unspecified atom stereocenters. The fourth-order valence-electron chi connectivity index (χ4n) is 6.36. The highest BCUT2D eigenvalue weighted by atomic mass is 32.3. The van der Waals surface area contributed by atoms with E-state index in [0.717, 1.165) is 51.4 Å². The van der Waals surface area contributed by atoms with Crippen molar-refractivity contribution in [2.24, 2.45) is 0 Å². The fraction of sp³-hybridized carbons (Fsp3) is 0.867. The number of aliphatic hydroxyl groups is 1. The van der Waals surface area contributed by atoms with Crippen LogP contribution in [0.25, 0.3) is 0 Å². The summed E-state index contributed by atoms with van der Waals surface area (Å²) in [5, 5.41) is 10.1. The number of esters is 2. The number of carbonyl (C=O) groups is 2. The molecule has 0 aromatic rings. The van der Waals surface area contributed by atoms with Crippen molar-refractivity contribution in [3.05, 3.63) is 24.3 Å². The van der Waals surface area contributed by atoms with Crippen LogP contribution in [0.2, 0.25) is 0 Å². The Morgan fingerprint density at radius 1 is 0.536 bits per heavy atom. The van der Waals surface area contributed by atoms with Crippen LogP contribution in [0, 0.1) is 0 Å². The van der Waals surface area contributed by atoms with Gasteiger partial charge >= 0.3 is 22.3 Å². The standard InChI is InChI=1S/C43H81NO5.C2H6O4S/c1-6-8-10-12-14-16-18-20-22-24-26-28-30-32-34-36-42(46)48-40(4)44(38-39(3)45)41(5)49-43(47)37-35-33-31-29-27-25-23-21-19-17-15-13-11-9-7-2;1-2-6-7(3,4)5/h20-23,39-41,45H,6-19,24-38H2,1-5H3;2H2,1H3,(H,3,4,5). The maximum Gasteiger partial charge on any atom is 0.397 e. The second-order valence-corrected chi connectivity index (χ2v) is 16.3. The van der Waals surface area contributed by atoms with Gasteiger partial charge in [-0.2, -0.15) is 8.42 Å². The van der Waals surface area contributed by atoms with E-state index in [1.165, 1.54) is 122 Å². The first-order chi connectivity index (χ1) is 26.9. The van der Waals surface area contributed by atoms with Crippen LogP contribution in [0.15, 0.2) is 24.3 Å². The summed E-state index contributed by atoms with van der Waals surface area (Å²) in [6.45, 7) is 11.5. The zero-order chi connectivity index (χ0) is 42.1. The number of nitrogens with zero attached hydrogens (tertiary/aromatic N) is 1. The summed E-state index contributed by atoms with van der Waals surface area (Å²) in [5.41, 5.74) is 0. The SMILES string of the molecule is CCCCCCCCC=CCCCCCCCC(=O)OC(C)N(CC(C)O)C(C)OC(=O)CCCCCCCC=CCCCCCCCC.CCOS(=O)(=O)O. The number of allylic oxidation sites excluding steroid dienone is 4. The molecule has 0 aliphatic heterocycles. The van der Waals surface area contributed by atoms with Crippen LogP contribution >= 0.6 is 0 Å². The van der Waals surface area contributed by atoms with Gasteiger partial charge in [-0.25, -0.2) is 9.08 Å². The monoisotopic (exact) mass is 818 g/mol. The molecule has 332 valence electrons. The fourth-order valence-corrected chi connectivity index (χ4v) is 6.66. The van der Waals surface area contributed by atoms with E-state index in [4.69, 9.17) is 14.0 Å². The van der Waals surface area contributed by atoms with Crippen molar-refractivity contribution in [2.75, 3.05) is 13.2 Å². The van der Waals surface area contributed by atoms with E-state index in [-0.39, 0.29) is 25.1 Å². The maximum absolute atomic E-state index is 12.6. The van der Waals surface area contributed by atoms with E-state index >= 15 is 0 Å². The van der Waals surface area contributed by atoms with E-state index in [2.05, 4.69) is 42.3 Å². The van der Waals surface area contributed by atoms with Crippen LogP contribution in [0.3, 0.4) is 0 Å². The summed E-state index contributed by atoms with van der Waals surface area (Å²) in [6, 6.07) is 0. The lowest BCUT2D eigenvalue weighted by Gasteiger charge is -2.34. The molecule has 0 radical (unpaired) electrons. The molecule has 0 aromatic carbocycles. The van der Waals surface area contributed by atoms with Crippen LogP contribution < -0.4 is 0 Å². The summed E-state index contributed by atoms with van der Waals surface area (Å²) < 4.78 is 42.0. The molecule has 0 rings (SSSR count). The Morgan fingerprint density at radius 3 is 1.11 bits per heavy atom. The van der Waals surface area contributed by atoms with Gasteiger partial charge in [0, 0.05) is 19.4 Å². The van der Waals surface area contributed by atoms with Gasteiger partial charge in [0.15, 0.2) is 12.5 Å². The lowest BCUT2D eigenvalue weighted by Crippen LogP contribution is -2.47. The Labute approximate surface area is 344 Å². The average Bonchev–Trinajstić information content (AvgIpc) is 3.13. The molecule has 11 heteroatoms.